The zero-order valence-electron chi connectivity index (χ0n) is 13.0. The Labute approximate surface area is 123 Å². The average molecular weight is 267 g/mol. The van der Waals surface area contributed by atoms with E-state index in [1.807, 2.05) is 0 Å². The minimum atomic E-state index is 0.381. The fourth-order valence-electron chi connectivity index (χ4n) is 2.71. The SMILES string of the molecule is CCCNC(C)c1ccccc1-c1ccc(C)cc1C. The standard InChI is InChI=1S/C19H25N/c1-5-12-20-16(4)18-8-6-7-9-19(18)17-11-10-14(2)13-15(17)3/h6-11,13,16,20H,5,12H2,1-4H3. The van der Waals surface area contributed by atoms with Crippen LogP contribution in [0.2, 0.25) is 0 Å². The van der Waals surface area contributed by atoms with Gasteiger partial charge in [-0.25, -0.2) is 0 Å². The van der Waals surface area contributed by atoms with Crippen LogP contribution in [-0.4, -0.2) is 6.54 Å². The van der Waals surface area contributed by atoms with Gasteiger partial charge in [-0.3, -0.25) is 0 Å². The Balaban J connectivity index is 2.41. The Hall–Kier alpha value is -1.60. The molecule has 0 fully saturated rings. The van der Waals surface area contributed by atoms with Crippen molar-refractivity contribution in [2.75, 3.05) is 6.54 Å². The Morgan fingerprint density at radius 3 is 2.45 bits per heavy atom. The summed E-state index contributed by atoms with van der Waals surface area (Å²) in [4.78, 5) is 0. The van der Waals surface area contributed by atoms with E-state index in [1.54, 1.807) is 0 Å². The van der Waals surface area contributed by atoms with E-state index in [2.05, 4.69) is 75.5 Å². The summed E-state index contributed by atoms with van der Waals surface area (Å²) in [6, 6.07) is 15.8. The molecule has 1 unspecified atom stereocenters. The summed E-state index contributed by atoms with van der Waals surface area (Å²) in [5, 5.41) is 3.59. The van der Waals surface area contributed by atoms with Gasteiger partial charge in [0.2, 0.25) is 0 Å². The van der Waals surface area contributed by atoms with Crippen molar-refractivity contribution in [3.05, 3.63) is 59.2 Å². The molecule has 0 aliphatic carbocycles. The van der Waals surface area contributed by atoms with Crippen LogP contribution in [0.25, 0.3) is 11.1 Å². The van der Waals surface area contributed by atoms with E-state index in [4.69, 9.17) is 0 Å². The molecule has 20 heavy (non-hydrogen) atoms. The molecule has 0 aliphatic heterocycles. The van der Waals surface area contributed by atoms with Crippen LogP contribution < -0.4 is 5.32 Å². The molecule has 0 saturated heterocycles. The van der Waals surface area contributed by atoms with E-state index in [1.165, 1.54) is 27.8 Å². The van der Waals surface area contributed by atoms with Crippen molar-refractivity contribution in [2.45, 2.75) is 40.2 Å². The van der Waals surface area contributed by atoms with Crippen LogP contribution in [0.4, 0.5) is 0 Å². The van der Waals surface area contributed by atoms with Crippen LogP contribution in [0, 0.1) is 13.8 Å². The third-order valence-electron chi connectivity index (χ3n) is 3.80. The summed E-state index contributed by atoms with van der Waals surface area (Å²) in [5.41, 5.74) is 6.74. The van der Waals surface area contributed by atoms with Gasteiger partial charge in [-0.2, -0.15) is 0 Å². The summed E-state index contributed by atoms with van der Waals surface area (Å²) < 4.78 is 0. The maximum absolute atomic E-state index is 3.59. The fourth-order valence-corrected chi connectivity index (χ4v) is 2.71. The normalized spacial score (nSPS) is 12.4. The predicted octanol–water partition coefficient (Wildman–Crippen LogP) is 5.03. The highest BCUT2D eigenvalue weighted by atomic mass is 14.9. The number of aryl methyl sites for hydroxylation is 2. The Morgan fingerprint density at radius 1 is 1.00 bits per heavy atom. The van der Waals surface area contributed by atoms with Crippen molar-refractivity contribution in [1.29, 1.82) is 0 Å². The number of hydrogen-bond acceptors (Lipinski definition) is 1. The summed E-state index contributed by atoms with van der Waals surface area (Å²) in [7, 11) is 0. The monoisotopic (exact) mass is 267 g/mol. The van der Waals surface area contributed by atoms with E-state index in [9.17, 15) is 0 Å². The van der Waals surface area contributed by atoms with Crippen LogP contribution in [0.15, 0.2) is 42.5 Å². The molecule has 0 radical (unpaired) electrons. The van der Waals surface area contributed by atoms with Crippen molar-refractivity contribution in [2.24, 2.45) is 0 Å². The second kappa shape index (κ2) is 6.71. The summed E-state index contributed by atoms with van der Waals surface area (Å²) in [6.07, 6.45) is 1.16. The van der Waals surface area contributed by atoms with Gasteiger partial charge in [0.1, 0.15) is 0 Å². The topological polar surface area (TPSA) is 12.0 Å². The van der Waals surface area contributed by atoms with E-state index in [-0.39, 0.29) is 0 Å². The van der Waals surface area contributed by atoms with E-state index in [0.717, 1.165) is 13.0 Å². The molecule has 1 nitrogen and oxygen atoms in total. The number of hydrogen-bond donors (Lipinski definition) is 1. The lowest BCUT2D eigenvalue weighted by molar-refractivity contribution is 0.571. The first-order valence-electron chi connectivity index (χ1n) is 7.53. The van der Waals surface area contributed by atoms with Crippen LogP contribution in [0.5, 0.6) is 0 Å². The Morgan fingerprint density at radius 2 is 1.75 bits per heavy atom. The van der Waals surface area contributed by atoms with Crippen LogP contribution in [-0.2, 0) is 0 Å². The van der Waals surface area contributed by atoms with Gasteiger partial charge in [0.25, 0.3) is 0 Å². The smallest absolute Gasteiger partial charge is 0.0297 e. The van der Waals surface area contributed by atoms with Crippen molar-refractivity contribution in [3.8, 4) is 11.1 Å². The van der Waals surface area contributed by atoms with Gasteiger partial charge in [0, 0.05) is 6.04 Å². The lowest BCUT2D eigenvalue weighted by Gasteiger charge is -2.19. The average Bonchev–Trinajstić information content (AvgIpc) is 2.45. The first kappa shape index (κ1) is 14.8. The molecule has 0 bridgehead atoms. The highest BCUT2D eigenvalue weighted by Gasteiger charge is 2.12. The Bertz CT molecular complexity index is 572. The summed E-state index contributed by atoms with van der Waals surface area (Å²) in [6.45, 7) is 9.85. The molecule has 2 aromatic rings. The molecule has 0 aromatic heterocycles. The molecule has 106 valence electrons. The summed E-state index contributed by atoms with van der Waals surface area (Å²) >= 11 is 0. The highest BCUT2D eigenvalue weighted by Crippen LogP contribution is 2.30. The van der Waals surface area contributed by atoms with Gasteiger partial charge >= 0.3 is 0 Å². The van der Waals surface area contributed by atoms with Gasteiger partial charge < -0.3 is 5.32 Å². The second-order valence-corrected chi connectivity index (χ2v) is 5.58. The molecule has 0 amide bonds. The molecular formula is C19H25N. The maximum atomic E-state index is 3.59. The van der Waals surface area contributed by atoms with E-state index in [0.29, 0.717) is 6.04 Å². The van der Waals surface area contributed by atoms with Gasteiger partial charge in [-0.1, -0.05) is 55.0 Å². The fraction of sp³-hybridized carbons (Fsp3) is 0.368. The van der Waals surface area contributed by atoms with Gasteiger partial charge in [-0.15, -0.1) is 0 Å². The number of benzene rings is 2. The molecule has 1 heteroatoms. The van der Waals surface area contributed by atoms with Crippen LogP contribution in [0.1, 0.15) is 43.0 Å². The zero-order chi connectivity index (χ0) is 14.5. The lowest BCUT2D eigenvalue weighted by atomic mass is 9.92. The third kappa shape index (κ3) is 3.29. The van der Waals surface area contributed by atoms with E-state index >= 15 is 0 Å². The molecule has 1 N–H and O–H groups in total. The van der Waals surface area contributed by atoms with Crippen LogP contribution >= 0.6 is 0 Å². The van der Waals surface area contributed by atoms with Gasteiger partial charge in [0.05, 0.1) is 0 Å². The van der Waals surface area contributed by atoms with Crippen LogP contribution in [0.3, 0.4) is 0 Å². The van der Waals surface area contributed by atoms with Crippen molar-refractivity contribution < 1.29 is 0 Å². The highest BCUT2D eigenvalue weighted by molar-refractivity contribution is 5.71. The third-order valence-corrected chi connectivity index (χ3v) is 3.80. The molecular weight excluding hydrogens is 242 g/mol. The molecule has 0 aliphatic rings. The van der Waals surface area contributed by atoms with E-state index < -0.39 is 0 Å². The summed E-state index contributed by atoms with van der Waals surface area (Å²) in [5.74, 6) is 0. The minimum absolute atomic E-state index is 0.381. The zero-order valence-corrected chi connectivity index (χ0v) is 13.0. The van der Waals surface area contributed by atoms with Crippen molar-refractivity contribution >= 4 is 0 Å². The van der Waals surface area contributed by atoms with Gasteiger partial charge in [0.15, 0.2) is 0 Å². The molecule has 2 rings (SSSR count). The largest absolute Gasteiger partial charge is 0.310 e. The van der Waals surface area contributed by atoms with Gasteiger partial charge in [-0.05, 0) is 56.0 Å². The maximum Gasteiger partial charge on any atom is 0.0297 e. The molecule has 1 atom stereocenters. The minimum Gasteiger partial charge on any atom is -0.310 e. The first-order valence-corrected chi connectivity index (χ1v) is 7.53. The lowest BCUT2D eigenvalue weighted by Crippen LogP contribution is -2.19. The predicted molar refractivity (Wildman–Crippen MR) is 88.1 cm³/mol. The second-order valence-electron chi connectivity index (χ2n) is 5.58. The number of nitrogens with one attached hydrogen (secondary N) is 1. The van der Waals surface area contributed by atoms with Crippen molar-refractivity contribution in [3.63, 3.8) is 0 Å². The quantitative estimate of drug-likeness (QED) is 0.801. The Kier molecular flexibility index (Phi) is 4.97. The molecule has 2 aromatic carbocycles. The molecule has 0 heterocycles. The molecule has 0 spiro atoms. The number of rotatable bonds is 5. The molecule has 0 saturated carbocycles. The first-order chi connectivity index (χ1) is 9.63. The van der Waals surface area contributed by atoms with Crippen molar-refractivity contribution in [1.82, 2.24) is 5.32 Å².